The Hall–Kier alpha value is -2.13. The van der Waals surface area contributed by atoms with E-state index in [1.165, 1.54) is 21.7 Å². The number of fused-ring (bicyclic) bond motifs is 1. The molecule has 0 saturated carbocycles. The second-order valence-corrected chi connectivity index (χ2v) is 6.92. The molecule has 0 saturated heterocycles. The molecule has 0 N–H and O–H groups in total. The van der Waals surface area contributed by atoms with Crippen LogP contribution in [0.25, 0.3) is 10.6 Å². The summed E-state index contributed by atoms with van der Waals surface area (Å²) in [5, 5.41) is 1.11. The summed E-state index contributed by atoms with van der Waals surface area (Å²) < 4.78 is 0. The topological polar surface area (TPSA) is 16.1 Å². The van der Waals surface area contributed by atoms with E-state index in [0.717, 1.165) is 18.0 Å². The van der Waals surface area contributed by atoms with E-state index in [2.05, 4.69) is 65.3 Å². The van der Waals surface area contributed by atoms with Gasteiger partial charge in [0, 0.05) is 28.4 Å². The number of anilines is 1. The van der Waals surface area contributed by atoms with E-state index in [-0.39, 0.29) is 0 Å². The number of nitrogens with zero attached hydrogens (tertiary/aromatic N) is 2. The monoisotopic (exact) mass is 306 g/mol. The van der Waals surface area contributed by atoms with Gasteiger partial charge in [-0.05, 0) is 25.0 Å². The zero-order valence-electron chi connectivity index (χ0n) is 12.6. The first-order valence-electron chi connectivity index (χ1n) is 7.66. The number of benzene rings is 2. The standard InChI is InChI=1S/C19H18N2S/c1-14-11-16-9-5-6-10-18(16)21(14)13-17-12-20-19(22-17)15-7-3-2-4-8-15/h2-10,12,14H,11,13H2,1H3/t14-/m0/s1. The van der Waals surface area contributed by atoms with Crippen LogP contribution in [0, 0.1) is 0 Å². The molecule has 0 radical (unpaired) electrons. The largest absolute Gasteiger partial charge is 0.363 e. The Morgan fingerprint density at radius 2 is 1.86 bits per heavy atom. The van der Waals surface area contributed by atoms with Gasteiger partial charge in [0.15, 0.2) is 0 Å². The molecule has 1 aliphatic heterocycles. The Balaban J connectivity index is 1.59. The SMILES string of the molecule is C[C@H]1Cc2ccccc2N1Cc1cnc(-c2ccccc2)s1. The van der Waals surface area contributed by atoms with Crippen molar-refractivity contribution in [2.75, 3.05) is 4.90 Å². The van der Waals surface area contributed by atoms with E-state index in [1.807, 2.05) is 12.3 Å². The van der Waals surface area contributed by atoms with E-state index in [9.17, 15) is 0 Å². The number of thiazole rings is 1. The molecule has 0 unspecified atom stereocenters. The van der Waals surface area contributed by atoms with Crippen molar-refractivity contribution < 1.29 is 0 Å². The van der Waals surface area contributed by atoms with Gasteiger partial charge in [-0.3, -0.25) is 0 Å². The molecule has 2 nitrogen and oxygen atoms in total. The van der Waals surface area contributed by atoms with Gasteiger partial charge in [0.05, 0.1) is 6.54 Å². The minimum Gasteiger partial charge on any atom is -0.363 e. The summed E-state index contributed by atoms with van der Waals surface area (Å²) in [5.41, 5.74) is 4.04. The van der Waals surface area contributed by atoms with Crippen LogP contribution in [0.15, 0.2) is 60.8 Å². The van der Waals surface area contributed by atoms with Gasteiger partial charge in [0.2, 0.25) is 0 Å². The molecule has 2 heterocycles. The predicted octanol–water partition coefficient (Wildman–Crippen LogP) is 4.76. The highest BCUT2D eigenvalue weighted by atomic mass is 32.1. The zero-order chi connectivity index (χ0) is 14.9. The molecule has 1 aliphatic rings. The van der Waals surface area contributed by atoms with Gasteiger partial charge in [0.1, 0.15) is 5.01 Å². The van der Waals surface area contributed by atoms with E-state index in [0.29, 0.717) is 6.04 Å². The molecule has 0 fully saturated rings. The fourth-order valence-corrected chi connectivity index (χ4v) is 4.05. The summed E-state index contributed by atoms with van der Waals surface area (Å²) in [5.74, 6) is 0. The second-order valence-electron chi connectivity index (χ2n) is 5.81. The average molecular weight is 306 g/mol. The van der Waals surface area contributed by atoms with Crippen LogP contribution >= 0.6 is 11.3 Å². The summed E-state index contributed by atoms with van der Waals surface area (Å²) in [7, 11) is 0. The molecule has 110 valence electrons. The van der Waals surface area contributed by atoms with Gasteiger partial charge in [-0.2, -0.15) is 0 Å². The van der Waals surface area contributed by atoms with Crippen molar-refractivity contribution in [1.82, 2.24) is 4.98 Å². The first kappa shape index (κ1) is 13.5. The third-order valence-electron chi connectivity index (χ3n) is 4.25. The molecule has 22 heavy (non-hydrogen) atoms. The lowest BCUT2D eigenvalue weighted by Gasteiger charge is -2.23. The first-order chi connectivity index (χ1) is 10.8. The fourth-order valence-electron chi connectivity index (χ4n) is 3.13. The molecule has 3 heteroatoms. The smallest absolute Gasteiger partial charge is 0.123 e. The summed E-state index contributed by atoms with van der Waals surface area (Å²) in [6, 6.07) is 19.7. The Morgan fingerprint density at radius 3 is 2.73 bits per heavy atom. The van der Waals surface area contributed by atoms with Crippen LogP contribution in [-0.2, 0) is 13.0 Å². The quantitative estimate of drug-likeness (QED) is 0.693. The molecule has 0 spiro atoms. The van der Waals surface area contributed by atoms with Gasteiger partial charge in [-0.25, -0.2) is 4.98 Å². The third-order valence-corrected chi connectivity index (χ3v) is 5.28. The number of para-hydroxylation sites is 1. The minimum absolute atomic E-state index is 0.555. The van der Waals surface area contributed by atoms with Crippen LogP contribution in [0.5, 0.6) is 0 Å². The van der Waals surface area contributed by atoms with Crippen LogP contribution < -0.4 is 4.90 Å². The lowest BCUT2D eigenvalue weighted by Crippen LogP contribution is -2.28. The summed E-state index contributed by atoms with van der Waals surface area (Å²) in [6.07, 6.45) is 3.17. The van der Waals surface area contributed by atoms with Crippen molar-refractivity contribution >= 4 is 17.0 Å². The van der Waals surface area contributed by atoms with Gasteiger partial charge in [0.25, 0.3) is 0 Å². The molecular formula is C19H18N2S. The molecule has 2 aromatic carbocycles. The Bertz CT molecular complexity index is 779. The lowest BCUT2D eigenvalue weighted by molar-refractivity contribution is 0.676. The fraction of sp³-hybridized carbons (Fsp3) is 0.211. The highest BCUT2D eigenvalue weighted by molar-refractivity contribution is 7.15. The number of hydrogen-bond donors (Lipinski definition) is 0. The van der Waals surface area contributed by atoms with E-state index in [1.54, 1.807) is 11.3 Å². The van der Waals surface area contributed by atoms with Crippen molar-refractivity contribution in [2.45, 2.75) is 25.9 Å². The number of aromatic nitrogens is 1. The maximum atomic E-state index is 4.60. The zero-order valence-corrected chi connectivity index (χ0v) is 13.4. The first-order valence-corrected chi connectivity index (χ1v) is 8.47. The van der Waals surface area contributed by atoms with Crippen molar-refractivity contribution in [3.8, 4) is 10.6 Å². The van der Waals surface area contributed by atoms with Gasteiger partial charge >= 0.3 is 0 Å². The van der Waals surface area contributed by atoms with Crippen LogP contribution in [0.3, 0.4) is 0 Å². The van der Waals surface area contributed by atoms with E-state index < -0.39 is 0 Å². The van der Waals surface area contributed by atoms with Crippen molar-refractivity contribution in [3.05, 3.63) is 71.2 Å². The predicted molar refractivity (Wildman–Crippen MR) is 93.3 cm³/mol. The Morgan fingerprint density at radius 1 is 1.09 bits per heavy atom. The highest BCUT2D eigenvalue weighted by Crippen LogP contribution is 2.34. The Kier molecular flexibility index (Phi) is 3.43. The maximum absolute atomic E-state index is 4.60. The van der Waals surface area contributed by atoms with Gasteiger partial charge < -0.3 is 4.90 Å². The van der Waals surface area contributed by atoms with Crippen molar-refractivity contribution in [2.24, 2.45) is 0 Å². The minimum atomic E-state index is 0.555. The molecule has 1 atom stereocenters. The summed E-state index contributed by atoms with van der Waals surface area (Å²) in [4.78, 5) is 8.42. The number of hydrogen-bond acceptors (Lipinski definition) is 3. The van der Waals surface area contributed by atoms with Crippen molar-refractivity contribution in [3.63, 3.8) is 0 Å². The molecule has 0 amide bonds. The maximum Gasteiger partial charge on any atom is 0.123 e. The van der Waals surface area contributed by atoms with Gasteiger partial charge in [-0.1, -0.05) is 48.5 Å². The molecular weight excluding hydrogens is 288 g/mol. The molecule has 4 rings (SSSR count). The molecule has 1 aromatic heterocycles. The highest BCUT2D eigenvalue weighted by Gasteiger charge is 2.25. The normalized spacial score (nSPS) is 16.8. The van der Waals surface area contributed by atoms with Gasteiger partial charge in [-0.15, -0.1) is 11.3 Å². The molecule has 3 aromatic rings. The van der Waals surface area contributed by atoms with Crippen LogP contribution in [0.2, 0.25) is 0 Å². The van der Waals surface area contributed by atoms with Crippen LogP contribution in [-0.4, -0.2) is 11.0 Å². The van der Waals surface area contributed by atoms with Crippen molar-refractivity contribution in [1.29, 1.82) is 0 Å². The van der Waals surface area contributed by atoms with Crippen LogP contribution in [0.1, 0.15) is 17.4 Å². The van der Waals surface area contributed by atoms with E-state index in [4.69, 9.17) is 0 Å². The van der Waals surface area contributed by atoms with E-state index >= 15 is 0 Å². The second kappa shape index (κ2) is 5.58. The summed E-state index contributed by atoms with van der Waals surface area (Å²) in [6.45, 7) is 3.25. The Labute approximate surface area is 135 Å². The number of rotatable bonds is 3. The molecule has 0 aliphatic carbocycles. The third kappa shape index (κ3) is 2.42. The van der Waals surface area contributed by atoms with Crippen LogP contribution in [0.4, 0.5) is 5.69 Å². The molecule has 0 bridgehead atoms. The summed E-state index contributed by atoms with van der Waals surface area (Å²) >= 11 is 1.80. The lowest BCUT2D eigenvalue weighted by atomic mass is 10.1. The average Bonchev–Trinajstić information content (AvgIpc) is 3.14.